The lowest BCUT2D eigenvalue weighted by Crippen LogP contribution is -2.25. The smallest absolute Gasteiger partial charge is 0.145 e. The maximum atomic E-state index is 14.4. The van der Waals surface area contributed by atoms with Crippen LogP contribution in [-0.4, -0.2) is 6.54 Å². The van der Waals surface area contributed by atoms with Gasteiger partial charge in [0.2, 0.25) is 0 Å². The monoisotopic (exact) mass is 373 g/mol. The minimum atomic E-state index is -0.588. The van der Waals surface area contributed by atoms with Crippen LogP contribution in [0.4, 0.5) is 8.78 Å². The Hall–Kier alpha value is -0.970. The third kappa shape index (κ3) is 3.44. The summed E-state index contributed by atoms with van der Waals surface area (Å²) in [6, 6.07) is 7.37. The van der Waals surface area contributed by atoms with Crippen LogP contribution in [-0.2, 0) is 0 Å². The van der Waals surface area contributed by atoms with Crippen molar-refractivity contribution in [2.45, 2.75) is 19.9 Å². The molecule has 0 bridgehead atoms. The van der Waals surface area contributed by atoms with E-state index in [0.717, 1.165) is 11.1 Å². The molecule has 1 nitrogen and oxygen atoms in total. The molecule has 0 radical (unpaired) electrons. The van der Waals surface area contributed by atoms with Crippen molar-refractivity contribution in [3.63, 3.8) is 0 Å². The van der Waals surface area contributed by atoms with Gasteiger partial charge in [-0.05, 0) is 64.8 Å². The van der Waals surface area contributed by atoms with Crippen LogP contribution >= 0.6 is 27.5 Å². The molecule has 0 spiro atoms. The van der Waals surface area contributed by atoms with Crippen molar-refractivity contribution in [1.82, 2.24) is 5.32 Å². The molecule has 0 saturated heterocycles. The van der Waals surface area contributed by atoms with Crippen molar-refractivity contribution in [2.24, 2.45) is 0 Å². The van der Waals surface area contributed by atoms with Crippen molar-refractivity contribution >= 4 is 27.5 Å². The second kappa shape index (κ2) is 6.86. The van der Waals surface area contributed by atoms with Gasteiger partial charge in [0.25, 0.3) is 0 Å². The van der Waals surface area contributed by atoms with E-state index >= 15 is 0 Å². The molecule has 0 aliphatic rings. The van der Waals surface area contributed by atoms with E-state index in [0.29, 0.717) is 11.6 Å². The summed E-state index contributed by atoms with van der Waals surface area (Å²) < 4.78 is 28.8. The maximum absolute atomic E-state index is 14.4. The Morgan fingerprint density at radius 1 is 1.24 bits per heavy atom. The van der Waals surface area contributed by atoms with Crippen molar-refractivity contribution in [3.05, 3.63) is 68.2 Å². The Labute approximate surface area is 136 Å². The average molecular weight is 375 g/mol. The number of hydrogen-bond donors (Lipinski definition) is 1. The van der Waals surface area contributed by atoms with Crippen molar-refractivity contribution in [1.29, 1.82) is 0 Å². The number of rotatable bonds is 4. The third-order valence-electron chi connectivity index (χ3n) is 3.32. The van der Waals surface area contributed by atoms with Crippen molar-refractivity contribution < 1.29 is 8.78 Å². The van der Waals surface area contributed by atoms with Gasteiger partial charge < -0.3 is 5.32 Å². The standard InChI is InChI=1S/C16H15BrClF2N/c1-3-21-16(11-5-4-10(18)8-9(11)2)14-13(19)7-6-12(17)15(14)20/h4-8,16,21H,3H2,1-2H3. The van der Waals surface area contributed by atoms with E-state index in [1.165, 1.54) is 12.1 Å². The predicted octanol–water partition coefficient (Wildman–Crippen LogP) is 5.39. The zero-order valence-electron chi connectivity index (χ0n) is 11.7. The average Bonchev–Trinajstić information content (AvgIpc) is 2.43. The normalized spacial score (nSPS) is 12.5. The highest BCUT2D eigenvalue weighted by atomic mass is 79.9. The van der Waals surface area contributed by atoms with Crippen LogP contribution in [0.1, 0.15) is 29.7 Å². The molecule has 112 valence electrons. The van der Waals surface area contributed by atoms with Crippen molar-refractivity contribution in [2.75, 3.05) is 6.54 Å². The van der Waals surface area contributed by atoms with Crippen LogP contribution in [0.15, 0.2) is 34.8 Å². The lowest BCUT2D eigenvalue weighted by molar-refractivity contribution is 0.506. The number of benzene rings is 2. The Bertz CT molecular complexity index is 661. The van der Waals surface area contributed by atoms with Gasteiger partial charge in [0.1, 0.15) is 11.6 Å². The number of nitrogens with one attached hydrogen (secondary N) is 1. The molecule has 2 aromatic rings. The van der Waals surface area contributed by atoms with E-state index in [1.54, 1.807) is 18.2 Å². The minimum Gasteiger partial charge on any atom is -0.306 e. The molecular weight excluding hydrogens is 360 g/mol. The Balaban J connectivity index is 2.61. The Morgan fingerprint density at radius 3 is 2.57 bits per heavy atom. The molecule has 2 rings (SSSR count). The van der Waals surface area contributed by atoms with Crippen LogP contribution in [0.25, 0.3) is 0 Å². The second-order valence-electron chi connectivity index (χ2n) is 4.75. The summed E-state index contributed by atoms with van der Waals surface area (Å²) in [5, 5.41) is 3.74. The van der Waals surface area contributed by atoms with Crippen LogP contribution in [0, 0.1) is 18.6 Å². The number of aryl methyl sites for hydroxylation is 1. The van der Waals surface area contributed by atoms with Crippen LogP contribution in [0.5, 0.6) is 0 Å². The zero-order chi connectivity index (χ0) is 15.6. The molecule has 1 atom stereocenters. The topological polar surface area (TPSA) is 12.0 Å². The first-order chi connectivity index (χ1) is 9.95. The van der Waals surface area contributed by atoms with E-state index in [1.807, 2.05) is 13.8 Å². The molecule has 0 amide bonds. The van der Waals surface area contributed by atoms with Gasteiger partial charge in [-0.15, -0.1) is 0 Å². The molecule has 0 saturated carbocycles. The van der Waals surface area contributed by atoms with Gasteiger partial charge in [0.15, 0.2) is 0 Å². The molecule has 0 aromatic heterocycles. The summed E-state index contributed by atoms with van der Waals surface area (Å²) in [5.74, 6) is -1.16. The highest BCUT2D eigenvalue weighted by Gasteiger charge is 2.24. The van der Waals surface area contributed by atoms with E-state index in [2.05, 4.69) is 21.2 Å². The van der Waals surface area contributed by atoms with Crippen molar-refractivity contribution in [3.8, 4) is 0 Å². The molecule has 0 heterocycles. The maximum Gasteiger partial charge on any atom is 0.145 e. The first-order valence-corrected chi connectivity index (χ1v) is 7.75. The van der Waals surface area contributed by atoms with Gasteiger partial charge in [-0.2, -0.15) is 0 Å². The van der Waals surface area contributed by atoms with Gasteiger partial charge in [0, 0.05) is 10.6 Å². The summed E-state index contributed by atoms with van der Waals surface area (Å²) in [4.78, 5) is 0. The van der Waals surface area contributed by atoms with Gasteiger partial charge in [-0.3, -0.25) is 0 Å². The first-order valence-electron chi connectivity index (χ1n) is 6.58. The number of halogens is 4. The van der Waals surface area contributed by atoms with Crippen LogP contribution in [0.2, 0.25) is 5.02 Å². The summed E-state index contributed by atoms with van der Waals surface area (Å²) in [7, 11) is 0. The van der Waals surface area contributed by atoms with E-state index in [4.69, 9.17) is 11.6 Å². The largest absolute Gasteiger partial charge is 0.306 e. The van der Waals surface area contributed by atoms with E-state index in [-0.39, 0.29) is 10.0 Å². The minimum absolute atomic E-state index is 0.0108. The number of hydrogen-bond acceptors (Lipinski definition) is 1. The van der Waals surface area contributed by atoms with E-state index in [9.17, 15) is 8.78 Å². The quantitative estimate of drug-likeness (QED) is 0.708. The first kappa shape index (κ1) is 16.4. The molecule has 2 aromatic carbocycles. The predicted molar refractivity (Wildman–Crippen MR) is 85.8 cm³/mol. The van der Waals surface area contributed by atoms with Gasteiger partial charge >= 0.3 is 0 Å². The van der Waals surface area contributed by atoms with Gasteiger partial charge in [0.05, 0.1) is 10.5 Å². The fourth-order valence-electron chi connectivity index (χ4n) is 2.34. The lowest BCUT2D eigenvalue weighted by Gasteiger charge is -2.22. The summed E-state index contributed by atoms with van der Waals surface area (Å²) in [6.07, 6.45) is 0. The van der Waals surface area contributed by atoms with Crippen LogP contribution in [0.3, 0.4) is 0 Å². The highest BCUT2D eigenvalue weighted by Crippen LogP contribution is 2.33. The fraction of sp³-hybridized carbons (Fsp3) is 0.250. The Morgan fingerprint density at radius 2 is 1.95 bits per heavy atom. The molecule has 0 aliphatic heterocycles. The van der Waals surface area contributed by atoms with Gasteiger partial charge in [-0.1, -0.05) is 24.6 Å². The lowest BCUT2D eigenvalue weighted by atomic mass is 9.94. The Kier molecular flexibility index (Phi) is 5.36. The third-order valence-corrected chi connectivity index (χ3v) is 4.17. The summed E-state index contributed by atoms with van der Waals surface area (Å²) in [5.41, 5.74) is 1.70. The molecule has 21 heavy (non-hydrogen) atoms. The second-order valence-corrected chi connectivity index (χ2v) is 6.04. The molecule has 0 aliphatic carbocycles. The summed E-state index contributed by atoms with van der Waals surface area (Å²) in [6.45, 7) is 4.35. The fourth-order valence-corrected chi connectivity index (χ4v) is 2.91. The van der Waals surface area contributed by atoms with Crippen LogP contribution < -0.4 is 5.32 Å². The summed E-state index contributed by atoms with van der Waals surface area (Å²) >= 11 is 9.07. The zero-order valence-corrected chi connectivity index (χ0v) is 14.0. The SMILES string of the molecule is CCNC(c1ccc(Cl)cc1C)c1c(F)ccc(Br)c1F. The molecule has 5 heteroatoms. The molecule has 1 N–H and O–H groups in total. The molecule has 0 fully saturated rings. The molecule has 1 unspecified atom stereocenters. The molecular formula is C16H15BrClF2N. The van der Waals surface area contributed by atoms with E-state index < -0.39 is 17.7 Å². The highest BCUT2D eigenvalue weighted by molar-refractivity contribution is 9.10. The van der Waals surface area contributed by atoms with Gasteiger partial charge in [-0.25, -0.2) is 8.78 Å².